The predicted molar refractivity (Wildman–Crippen MR) is 85.5 cm³/mol. The number of nitrogens with zero attached hydrogens (tertiary/aromatic N) is 1. The number of hydrogen-bond donors (Lipinski definition) is 1. The molecule has 2 atom stereocenters. The minimum absolute atomic E-state index is 0.318. The molecule has 2 rings (SSSR count). The quantitative estimate of drug-likeness (QED) is 0.831. The molecule has 1 fully saturated rings. The fourth-order valence-electron chi connectivity index (χ4n) is 3.24. The highest BCUT2D eigenvalue weighted by Gasteiger charge is 2.20. The predicted octanol–water partition coefficient (Wildman–Crippen LogP) is 3.76. The molecule has 0 radical (unpaired) electrons. The van der Waals surface area contributed by atoms with E-state index in [-0.39, 0.29) is 0 Å². The lowest BCUT2D eigenvalue weighted by molar-refractivity contribution is -0.137. The fourth-order valence-corrected chi connectivity index (χ4v) is 3.24. The van der Waals surface area contributed by atoms with Crippen molar-refractivity contribution in [2.75, 3.05) is 19.6 Å². The van der Waals surface area contributed by atoms with E-state index >= 15 is 0 Å². The van der Waals surface area contributed by atoms with Crippen molar-refractivity contribution < 1.29 is 9.90 Å². The minimum Gasteiger partial charge on any atom is -0.481 e. The van der Waals surface area contributed by atoms with Gasteiger partial charge in [0.15, 0.2) is 0 Å². The standard InChI is InChI=1S/C18H27NO2/c1-15(17-7-3-2-4-8-17)11-13-19-12-5-6-16(14-19)9-10-18(20)21/h2-4,7-8,15-16H,5-6,9-14H2,1H3,(H,20,21). The Morgan fingerprint density at radius 1 is 1.38 bits per heavy atom. The Hall–Kier alpha value is -1.35. The zero-order chi connectivity index (χ0) is 15.1. The Morgan fingerprint density at radius 3 is 2.86 bits per heavy atom. The minimum atomic E-state index is -0.662. The Balaban J connectivity index is 1.74. The molecule has 0 bridgehead atoms. The van der Waals surface area contributed by atoms with Crippen molar-refractivity contribution in [2.45, 2.75) is 44.9 Å². The number of benzene rings is 1. The van der Waals surface area contributed by atoms with Crippen LogP contribution in [0.1, 0.15) is 50.5 Å². The fraction of sp³-hybridized carbons (Fsp3) is 0.611. The maximum absolute atomic E-state index is 10.7. The average molecular weight is 289 g/mol. The second-order valence-electron chi connectivity index (χ2n) is 6.34. The van der Waals surface area contributed by atoms with E-state index in [4.69, 9.17) is 5.11 Å². The van der Waals surface area contributed by atoms with Gasteiger partial charge in [-0.2, -0.15) is 0 Å². The molecular weight excluding hydrogens is 262 g/mol. The monoisotopic (exact) mass is 289 g/mol. The lowest BCUT2D eigenvalue weighted by Gasteiger charge is -2.33. The molecule has 1 aromatic carbocycles. The first-order valence-electron chi connectivity index (χ1n) is 8.14. The molecule has 1 aliphatic heterocycles. The first-order valence-corrected chi connectivity index (χ1v) is 8.14. The summed E-state index contributed by atoms with van der Waals surface area (Å²) in [5.41, 5.74) is 1.41. The zero-order valence-corrected chi connectivity index (χ0v) is 13.0. The topological polar surface area (TPSA) is 40.5 Å². The van der Waals surface area contributed by atoms with E-state index in [1.54, 1.807) is 0 Å². The SMILES string of the molecule is CC(CCN1CCCC(CCC(=O)O)C1)c1ccccc1. The normalized spacial score (nSPS) is 21.1. The van der Waals surface area contributed by atoms with Crippen molar-refractivity contribution in [3.63, 3.8) is 0 Å². The van der Waals surface area contributed by atoms with Crippen LogP contribution >= 0.6 is 0 Å². The first kappa shape index (κ1) is 16.0. The van der Waals surface area contributed by atoms with Crippen LogP contribution in [-0.2, 0) is 4.79 Å². The molecule has 0 aliphatic carbocycles. The molecular formula is C18H27NO2. The Morgan fingerprint density at radius 2 is 2.14 bits per heavy atom. The van der Waals surface area contributed by atoms with Gasteiger partial charge < -0.3 is 10.0 Å². The number of hydrogen-bond acceptors (Lipinski definition) is 2. The summed E-state index contributed by atoms with van der Waals surface area (Å²) in [6.07, 6.45) is 4.73. The lowest BCUT2D eigenvalue weighted by atomic mass is 9.92. The van der Waals surface area contributed by atoms with Crippen LogP contribution in [0.3, 0.4) is 0 Å². The molecule has 3 heteroatoms. The van der Waals surface area contributed by atoms with Crippen LogP contribution in [0.5, 0.6) is 0 Å². The van der Waals surface area contributed by atoms with E-state index in [2.05, 4.69) is 42.2 Å². The molecule has 2 unspecified atom stereocenters. The van der Waals surface area contributed by atoms with Gasteiger partial charge in [0.2, 0.25) is 0 Å². The third kappa shape index (κ3) is 5.50. The van der Waals surface area contributed by atoms with Gasteiger partial charge in [0.1, 0.15) is 0 Å². The molecule has 1 saturated heterocycles. The summed E-state index contributed by atoms with van der Waals surface area (Å²) in [5, 5.41) is 8.80. The summed E-state index contributed by atoms with van der Waals surface area (Å²) in [4.78, 5) is 13.2. The van der Waals surface area contributed by atoms with E-state index in [0.717, 1.165) is 19.5 Å². The van der Waals surface area contributed by atoms with Crippen LogP contribution in [0.15, 0.2) is 30.3 Å². The third-order valence-corrected chi connectivity index (χ3v) is 4.62. The van der Waals surface area contributed by atoms with E-state index in [9.17, 15) is 4.79 Å². The smallest absolute Gasteiger partial charge is 0.303 e. The largest absolute Gasteiger partial charge is 0.481 e. The van der Waals surface area contributed by atoms with Gasteiger partial charge in [0, 0.05) is 13.0 Å². The van der Waals surface area contributed by atoms with E-state index in [1.807, 2.05) is 0 Å². The maximum Gasteiger partial charge on any atom is 0.303 e. The van der Waals surface area contributed by atoms with Gasteiger partial charge >= 0.3 is 5.97 Å². The number of aliphatic carboxylic acids is 1. The zero-order valence-electron chi connectivity index (χ0n) is 13.0. The van der Waals surface area contributed by atoms with Gasteiger partial charge in [-0.3, -0.25) is 4.79 Å². The summed E-state index contributed by atoms with van der Waals surface area (Å²) in [5.74, 6) is 0.498. The Kier molecular flexibility index (Phi) is 6.24. The summed E-state index contributed by atoms with van der Waals surface area (Å²) in [6, 6.07) is 10.7. The van der Waals surface area contributed by atoms with Crippen LogP contribution in [0.25, 0.3) is 0 Å². The highest BCUT2D eigenvalue weighted by Crippen LogP contribution is 2.23. The van der Waals surface area contributed by atoms with Gasteiger partial charge in [-0.25, -0.2) is 0 Å². The van der Waals surface area contributed by atoms with Gasteiger partial charge in [-0.15, -0.1) is 0 Å². The van der Waals surface area contributed by atoms with Crippen LogP contribution in [-0.4, -0.2) is 35.6 Å². The summed E-state index contributed by atoms with van der Waals surface area (Å²) in [7, 11) is 0. The first-order chi connectivity index (χ1) is 10.1. The second kappa shape index (κ2) is 8.18. The second-order valence-corrected chi connectivity index (χ2v) is 6.34. The molecule has 1 aromatic rings. The van der Waals surface area contributed by atoms with Gasteiger partial charge in [0.05, 0.1) is 0 Å². The molecule has 21 heavy (non-hydrogen) atoms. The van der Waals surface area contributed by atoms with E-state index < -0.39 is 5.97 Å². The van der Waals surface area contributed by atoms with Crippen molar-refractivity contribution in [1.29, 1.82) is 0 Å². The summed E-state index contributed by atoms with van der Waals surface area (Å²) >= 11 is 0. The molecule has 1 aliphatic rings. The number of carboxylic acid groups (broad SMARTS) is 1. The number of carboxylic acids is 1. The van der Waals surface area contributed by atoms with Crippen LogP contribution in [0.2, 0.25) is 0 Å². The van der Waals surface area contributed by atoms with Gasteiger partial charge in [0.25, 0.3) is 0 Å². The molecule has 0 amide bonds. The summed E-state index contributed by atoms with van der Waals surface area (Å²) < 4.78 is 0. The number of rotatable bonds is 7. The molecule has 0 aromatic heterocycles. The lowest BCUT2D eigenvalue weighted by Crippen LogP contribution is -2.36. The summed E-state index contributed by atoms with van der Waals surface area (Å²) in [6.45, 7) is 5.67. The molecule has 116 valence electrons. The van der Waals surface area contributed by atoms with Crippen LogP contribution in [0.4, 0.5) is 0 Å². The van der Waals surface area contributed by atoms with Gasteiger partial charge in [-0.1, -0.05) is 37.3 Å². The number of carbonyl (C=O) groups is 1. The molecule has 1 N–H and O–H groups in total. The van der Waals surface area contributed by atoms with Crippen molar-refractivity contribution in [1.82, 2.24) is 4.90 Å². The van der Waals surface area contributed by atoms with Crippen molar-refractivity contribution in [2.24, 2.45) is 5.92 Å². The third-order valence-electron chi connectivity index (χ3n) is 4.62. The van der Waals surface area contributed by atoms with Crippen molar-refractivity contribution in [3.8, 4) is 0 Å². The molecule has 0 saturated carbocycles. The number of likely N-dealkylation sites (tertiary alicyclic amines) is 1. The molecule has 3 nitrogen and oxygen atoms in total. The highest BCUT2D eigenvalue weighted by molar-refractivity contribution is 5.66. The van der Waals surface area contributed by atoms with Crippen LogP contribution < -0.4 is 0 Å². The highest BCUT2D eigenvalue weighted by atomic mass is 16.4. The van der Waals surface area contributed by atoms with E-state index in [0.29, 0.717) is 18.3 Å². The Labute approximate surface area is 128 Å². The van der Waals surface area contributed by atoms with Gasteiger partial charge in [-0.05, 0) is 56.2 Å². The molecule has 1 heterocycles. The molecule has 0 spiro atoms. The number of piperidine rings is 1. The van der Waals surface area contributed by atoms with Crippen molar-refractivity contribution >= 4 is 5.97 Å². The van der Waals surface area contributed by atoms with Crippen LogP contribution in [0, 0.1) is 5.92 Å². The average Bonchev–Trinajstić information content (AvgIpc) is 2.52. The maximum atomic E-state index is 10.7. The Bertz CT molecular complexity index is 432. The van der Waals surface area contributed by atoms with E-state index in [1.165, 1.54) is 31.4 Å². The van der Waals surface area contributed by atoms with Crippen molar-refractivity contribution in [3.05, 3.63) is 35.9 Å².